The molecule has 3 N–H and O–H groups in total. The molecule has 0 bridgehead atoms. The lowest BCUT2D eigenvalue weighted by atomic mass is 10.1. The normalized spacial score (nSPS) is 12.7. The maximum atomic E-state index is 12.1. The predicted molar refractivity (Wildman–Crippen MR) is 135 cm³/mol. The zero-order valence-corrected chi connectivity index (χ0v) is 21.4. The Morgan fingerprint density at radius 2 is 1.76 bits per heavy atom. The average Bonchev–Trinajstić information content (AvgIpc) is 2.66. The highest BCUT2D eigenvalue weighted by molar-refractivity contribution is 14.0. The van der Waals surface area contributed by atoms with Gasteiger partial charge in [-0.1, -0.05) is 26.0 Å². The van der Waals surface area contributed by atoms with Crippen LogP contribution in [0.5, 0.6) is 0 Å². The van der Waals surface area contributed by atoms with Crippen LogP contribution in [0.25, 0.3) is 0 Å². The summed E-state index contributed by atoms with van der Waals surface area (Å²) in [5, 5.41) is 9.70. The number of nitrogens with zero attached hydrogens (tertiary/aromatic N) is 2. The van der Waals surface area contributed by atoms with Crippen LogP contribution in [-0.4, -0.2) is 49.0 Å². The predicted octanol–water partition coefficient (Wildman–Crippen LogP) is 4.07. The highest BCUT2D eigenvalue weighted by Crippen LogP contribution is 2.13. The fraction of sp³-hybridized carbons (Fsp3) is 0.636. The van der Waals surface area contributed by atoms with Crippen LogP contribution in [0, 0.1) is 5.92 Å². The van der Waals surface area contributed by atoms with Gasteiger partial charge in [-0.2, -0.15) is 0 Å². The lowest BCUT2D eigenvalue weighted by molar-refractivity contribution is -0.119. The summed E-state index contributed by atoms with van der Waals surface area (Å²) >= 11 is 0. The first kappa shape index (κ1) is 27.6. The van der Waals surface area contributed by atoms with E-state index in [0.29, 0.717) is 18.6 Å². The quantitative estimate of drug-likeness (QED) is 0.249. The summed E-state index contributed by atoms with van der Waals surface area (Å²) in [7, 11) is 1.78. The molecule has 7 heteroatoms. The highest BCUT2D eigenvalue weighted by atomic mass is 127. The largest absolute Gasteiger partial charge is 0.355 e. The van der Waals surface area contributed by atoms with Crippen LogP contribution in [0.2, 0.25) is 0 Å². The molecule has 1 aromatic rings. The van der Waals surface area contributed by atoms with Crippen LogP contribution in [0.15, 0.2) is 29.3 Å². The Morgan fingerprint density at radius 1 is 1.10 bits per heavy atom. The molecule has 1 atom stereocenters. The molecule has 0 spiro atoms. The molecule has 1 unspecified atom stereocenters. The molecule has 1 rings (SSSR count). The molecule has 1 aromatic carbocycles. The number of carbonyl (C=O) groups is 1. The number of benzene rings is 1. The molecule has 29 heavy (non-hydrogen) atoms. The third-order valence-electron chi connectivity index (χ3n) is 4.93. The summed E-state index contributed by atoms with van der Waals surface area (Å²) in [6.45, 7) is 15.3. The number of amides is 1. The molecule has 0 radical (unpaired) electrons. The van der Waals surface area contributed by atoms with Crippen molar-refractivity contribution in [2.24, 2.45) is 10.9 Å². The van der Waals surface area contributed by atoms with Crippen molar-refractivity contribution in [3.05, 3.63) is 29.8 Å². The molecule has 0 saturated heterocycles. The molecule has 1 amide bonds. The van der Waals surface area contributed by atoms with Gasteiger partial charge in [0, 0.05) is 50.4 Å². The fourth-order valence-electron chi connectivity index (χ4n) is 3.03. The standard InChI is InChI=1S/C22H39N5O.HI/c1-8-18(6)21(28)26-20-11-9-10-19(14-20)15-25-22(23-7)24-12-13-27(16(2)3)17(4)5;/h9-11,14,16-18H,8,12-13,15H2,1-7H3,(H,26,28)(H2,23,24,25);1H. The summed E-state index contributed by atoms with van der Waals surface area (Å²) in [4.78, 5) is 18.8. The van der Waals surface area contributed by atoms with Gasteiger partial charge in [-0.25, -0.2) is 0 Å². The zero-order chi connectivity index (χ0) is 21.1. The summed E-state index contributed by atoms with van der Waals surface area (Å²) in [6.07, 6.45) is 0.833. The first-order chi connectivity index (χ1) is 13.3. The minimum absolute atomic E-state index is 0. The van der Waals surface area contributed by atoms with Crippen molar-refractivity contribution in [1.82, 2.24) is 15.5 Å². The van der Waals surface area contributed by atoms with E-state index in [1.807, 2.05) is 38.1 Å². The van der Waals surface area contributed by atoms with E-state index in [-0.39, 0.29) is 35.8 Å². The van der Waals surface area contributed by atoms with Gasteiger partial charge in [0.15, 0.2) is 5.96 Å². The molecule has 0 aliphatic carbocycles. The van der Waals surface area contributed by atoms with Crippen LogP contribution in [-0.2, 0) is 11.3 Å². The number of rotatable bonds is 10. The highest BCUT2D eigenvalue weighted by Gasteiger charge is 2.13. The number of hydrogen-bond donors (Lipinski definition) is 3. The monoisotopic (exact) mass is 517 g/mol. The second-order valence-corrected chi connectivity index (χ2v) is 7.78. The van der Waals surface area contributed by atoms with E-state index in [4.69, 9.17) is 0 Å². The molecule has 0 saturated carbocycles. The minimum atomic E-state index is 0. The van der Waals surface area contributed by atoms with Crippen molar-refractivity contribution in [3.8, 4) is 0 Å². The second kappa shape index (κ2) is 14.6. The number of aliphatic imine (C=N–C) groups is 1. The van der Waals surface area contributed by atoms with Crippen LogP contribution in [0.4, 0.5) is 5.69 Å². The van der Waals surface area contributed by atoms with Gasteiger partial charge in [-0.15, -0.1) is 24.0 Å². The lowest BCUT2D eigenvalue weighted by Gasteiger charge is -2.30. The van der Waals surface area contributed by atoms with E-state index in [1.165, 1.54) is 0 Å². The van der Waals surface area contributed by atoms with Crippen molar-refractivity contribution in [3.63, 3.8) is 0 Å². The lowest BCUT2D eigenvalue weighted by Crippen LogP contribution is -2.45. The van der Waals surface area contributed by atoms with Crippen molar-refractivity contribution in [2.45, 2.75) is 66.6 Å². The molecule has 166 valence electrons. The van der Waals surface area contributed by atoms with E-state index in [2.05, 4.69) is 53.5 Å². The van der Waals surface area contributed by atoms with Crippen molar-refractivity contribution >= 4 is 41.5 Å². The van der Waals surface area contributed by atoms with Crippen molar-refractivity contribution < 1.29 is 4.79 Å². The SMILES string of the molecule is CCC(C)C(=O)Nc1cccc(CNC(=NC)NCCN(C(C)C)C(C)C)c1.I. The van der Waals surface area contributed by atoms with Gasteiger partial charge in [0.1, 0.15) is 0 Å². The maximum absolute atomic E-state index is 12.1. The van der Waals surface area contributed by atoms with Crippen LogP contribution in [0.3, 0.4) is 0 Å². The Balaban J connectivity index is 0.00000784. The van der Waals surface area contributed by atoms with E-state index in [1.54, 1.807) is 7.05 Å². The Bertz CT molecular complexity index is 625. The third kappa shape index (κ3) is 10.3. The minimum Gasteiger partial charge on any atom is -0.355 e. The average molecular weight is 518 g/mol. The van der Waals surface area contributed by atoms with Crippen LogP contribution in [0.1, 0.15) is 53.5 Å². The number of halogens is 1. The van der Waals surface area contributed by atoms with Crippen LogP contribution < -0.4 is 16.0 Å². The second-order valence-electron chi connectivity index (χ2n) is 7.78. The fourth-order valence-corrected chi connectivity index (χ4v) is 3.03. The Labute approximate surface area is 194 Å². The molecule has 6 nitrogen and oxygen atoms in total. The van der Waals surface area contributed by atoms with Gasteiger partial charge in [-0.05, 0) is 51.8 Å². The van der Waals surface area contributed by atoms with Crippen molar-refractivity contribution in [2.75, 3.05) is 25.5 Å². The van der Waals surface area contributed by atoms with Gasteiger partial charge in [0.25, 0.3) is 0 Å². The van der Waals surface area contributed by atoms with Crippen molar-refractivity contribution in [1.29, 1.82) is 0 Å². The summed E-state index contributed by atoms with van der Waals surface area (Å²) in [6, 6.07) is 8.96. The van der Waals surface area contributed by atoms with E-state index in [0.717, 1.165) is 36.7 Å². The summed E-state index contributed by atoms with van der Waals surface area (Å²) in [5.74, 6) is 0.854. The molecule has 0 fully saturated rings. The molecular formula is C22H40IN5O. The van der Waals surface area contributed by atoms with Gasteiger partial charge in [0.05, 0.1) is 0 Å². The molecule has 0 aliphatic heterocycles. The number of hydrogen-bond acceptors (Lipinski definition) is 3. The Morgan fingerprint density at radius 3 is 2.31 bits per heavy atom. The topological polar surface area (TPSA) is 68.8 Å². The zero-order valence-electron chi connectivity index (χ0n) is 19.1. The third-order valence-corrected chi connectivity index (χ3v) is 4.93. The molecule has 0 heterocycles. The first-order valence-electron chi connectivity index (χ1n) is 10.4. The van der Waals surface area contributed by atoms with Crippen LogP contribution >= 0.6 is 24.0 Å². The number of guanidine groups is 1. The Kier molecular flexibility index (Phi) is 13.9. The van der Waals surface area contributed by atoms with E-state index < -0.39 is 0 Å². The van der Waals surface area contributed by atoms with Gasteiger partial charge >= 0.3 is 0 Å². The Hall–Kier alpha value is -1.35. The number of anilines is 1. The summed E-state index contributed by atoms with van der Waals surface area (Å²) < 4.78 is 0. The maximum Gasteiger partial charge on any atom is 0.227 e. The summed E-state index contributed by atoms with van der Waals surface area (Å²) in [5.41, 5.74) is 1.92. The van der Waals surface area contributed by atoms with Gasteiger partial charge < -0.3 is 16.0 Å². The number of carbonyl (C=O) groups excluding carboxylic acids is 1. The van der Waals surface area contributed by atoms with Gasteiger partial charge in [-0.3, -0.25) is 14.7 Å². The number of nitrogens with one attached hydrogen (secondary N) is 3. The van der Waals surface area contributed by atoms with E-state index >= 15 is 0 Å². The first-order valence-corrected chi connectivity index (χ1v) is 10.4. The molecule has 0 aromatic heterocycles. The molecule has 0 aliphatic rings. The van der Waals surface area contributed by atoms with E-state index in [9.17, 15) is 4.79 Å². The smallest absolute Gasteiger partial charge is 0.227 e. The van der Waals surface area contributed by atoms with Gasteiger partial charge in [0.2, 0.25) is 5.91 Å². The molecular weight excluding hydrogens is 477 g/mol.